The van der Waals surface area contributed by atoms with E-state index < -0.39 is 0 Å². The van der Waals surface area contributed by atoms with Crippen LogP contribution in [-0.4, -0.2) is 9.78 Å². The predicted molar refractivity (Wildman–Crippen MR) is 72.9 cm³/mol. The van der Waals surface area contributed by atoms with Crippen LogP contribution in [0.25, 0.3) is 5.69 Å². The summed E-state index contributed by atoms with van der Waals surface area (Å²) in [7, 11) is 0. The maximum atomic E-state index is 5.72. The number of nitrogens with zero attached hydrogens (tertiary/aromatic N) is 2. The van der Waals surface area contributed by atoms with Gasteiger partial charge in [0.1, 0.15) is 0 Å². The molecule has 1 aliphatic carbocycles. The van der Waals surface area contributed by atoms with Crippen molar-refractivity contribution in [1.82, 2.24) is 9.78 Å². The van der Waals surface area contributed by atoms with Gasteiger partial charge in [-0.15, -0.1) is 0 Å². The van der Waals surface area contributed by atoms with Gasteiger partial charge in [-0.2, -0.15) is 5.10 Å². The molecule has 0 unspecified atom stereocenters. The average Bonchev–Trinajstić information content (AvgIpc) is 3.10. The average molecular weight is 241 g/mol. The molecule has 1 fully saturated rings. The highest BCUT2D eigenvalue weighted by molar-refractivity contribution is 5.44. The van der Waals surface area contributed by atoms with Crippen LogP contribution in [0.3, 0.4) is 0 Å². The van der Waals surface area contributed by atoms with Gasteiger partial charge in [0.2, 0.25) is 0 Å². The van der Waals surface area contributed by atoms with E-state index in [0.717, 1.165) is 5.69 Å². The first-order valence-corrected chi connectivity index (χ1v) is 6.55. The molecule has 18 heavy (non-hydrogen) atoms. The number of aromatic nitrogens is 2. The summed E-state index contributed by atoms with van der Waals surface area (Å²) in [5, 5.41) is 4.64. The lowest BCUT2D eigenvalue weighted by molar-refractivity contribution is 0.781. The van der Waals surface area contributed by atoms with Gasteiger partial charge >= 0.3 is 0 Å². The predicted octanol–water partition coefficient (Wildman–Crippen LogP) is 2.83. The first-order chi connectivity index (χ1) is 8.69. The van der Waals surface area contributed by atoms with Crippen molar-refractivity contribution < 1.29 is 0 Å². The van der Waals surface area contributed by atoms with Crippen LogP contribution in [0.5, 0.6) is 0 Å². The van der Waals surface area contributed by atoms with E-state index in [-0.39, 0.29) is 0 Å². The van der Waals surface area contributed by atoms with Crippen LogP contribution in [0.2, 0.25) is 0 Å². The Bertz CT molecular complexity index is 579. The van der Waals surface area contributed by atoms with Gasteiger partial charge in [-0.1, -0.05) is 17.7 Å². The fraction of sp³-hybridized carbons (Fsp3) is 0.400. The van der Waals surface area contributed by atoms with E-state index in [4.69, 9.17) is 5.73 Å². The van der Waals surface area contributed by atoms with Crippen molar-refractivity contribution in [2.24, 2.45) is 5.73 Å². The number of nitrogens with two attached hydrogens (primary N) is 1. The molecular formula is C15H19N3. The third kappa shape index (κ3) is 1.95. The van der Waals surface area contributed by atoms with Gasteiger partial charge in [0.05, 0.1) is 11.4 Å². The maximum absolute atomic E-state index is 5.72. The van der Waals surface area contributed by atoms with Gasteiger partial charge in [0, 0.05) is 18.2 Å². The summed E-state index contributed by atoms with van der Waals surface area (Å²) >= 11 is 0. The van der Waals surface area contributed by atoms with Crippen LogP contribution in [-0.2, 0) is 6.54 Å². The molecule has 1 heterocycles. The molecule has 0 amide bonds. The molecule has 0 radical (unpaired) electrons. The highest BCUT2D eigenvalue weighted by Crippen LogP contribution is 2.41. The van der Waals surface area contributed by atoms with E-state index in [9.17, 15) is 0 Å². The van der Waals surface area contributed by atoms with Crippen molar-refractivity contribution in [2.45, 2.75) is 39.2 Å². The number of aryl methyl sites for hydroxylation is 2. The largest absolute Gasteiger partial charge is 0.325 e. The Balaban J connectivity index is 2.12. The first kappa shape index (κ1) is 11.5. The van der Waals surface area contributed by atoms with E-state index in [1.807, 2.05) is 0 Å². The molecule has 2 aromatic rings. The van der Waals surface area contributed by atoms with E-state index in [2.05, 4.69) is 47.9 Å². The standard InChI is InChI=1S/C15H19N3/c1-10-3-6-14(11(2)7-10)18-15(12-4-5-12)8-13(9-16)17-18/h3,6-8,12H,4-5,9,16H2,1-2H3. The molecule has 0 atom stereocenters. The van der Waals surface area contributed by atoms with Gasteiger partial charge < -0.3 is 5.73 Å². The van der Waals surface area contributed by atoms with Crippen molar-refractivity contribution in [1.29, 1.82) is 0 Å². The van der Waals surface area contributed by atoms with Crippen molar-refractivity contribution in [2.75, 3.05) is 0 Å². The molecule has 1 aromatic carbocycles. The second-order valence-electron chi connectivity index (χ2n) is 5.24. The summed E-state index contributed by atoms with van der Waals surface area (Å²) < 4.78 is 2.09. The molecule has 0 bridgehead atoms. The Kier molecular flexibility index (Phi) is 2.71. The molecule has 3 heteroatoms. The van der Waals surface area contributed by atoms with E-state index in [1.54, 1.807) is 0 Å². The van der Waals surface area contributed by atoms with Crippen molar-refractivity contribution in [3.63, 3.8) is 0 Å². The summed E-state index contributed by atoms with van der Waals surface area (Å²) in [5.74, 6) is 0.679. The molecule has 1 aromatic heterocycles. The number of rotatable bonds is 3. The quantitative estimate of drug-likeness (QED) is 0.898. The summed E-state index contributed by atoms with van der Waals surface area (Å²) in [5.41, 5.74) is 11.8. The number of hydrogen-bond donors (Lipinski definition) is 1. The second kappa shape index (κ2) is 4.25. The minimum Gasteiger partial charge on any atom is -0.325 e. The van der Waals surface area contributed by atoms with Crippen molar-refractivity contribution >= 4 is 0 Å². The fourth-order valence-corrected chi connectivity index (χ4v) is 2.45. The monoisotopic (exact) mass is 241 g/mol. The summed E-state index contributed by atoms with van der Waals surface area (Å²) in [6, 6.07) is 8.67. The zero-order chi connectivity index (χ0) is 12.7. The van der Waals surface area contributed by atoms with Gasteiger partial charge in [0.25, 0.3) is 0 Å². The lowest BCUT2D eigenvalue weighted by Crippen LogP contribution is -2.04. The Labute approximate surface area is 108 Å². The summed E-state index contributed by atoms with van der Waals surface area (Å²) in [6.07, 6.45) is 2.56. The van der Waals surface area contributed by atoms with Gasteiger partial charge in [-0.05, 0) is 44.4 Å². The molecule has 0 saturated heterocycles. The zero-order valence-corrected chi connectivity index (χ0v) is 11.0. The Morgan fingerprint density at radius 3 is 2.67 bits per heavy atom. The molecular weight excluding hydrogens is 222 g/mol. The molecule has 94 valence electrons. The van der Waals surface area contributed by atoms with Crippen LogP contribution >= 0.6 is 0 Å². The van der Waals surface area contributed by atoms with Crippen LogP contribution in [0.15, 0.2) is 24.3 Å². The fourth-order valence-electron chi connectivity index (χ4n) is 2.45. The first-order valence-electron chi connectivity index (χ1n) is 6.55. The lowest BCUT2D eigenvalue weighted by atomic mass is 10.1. The van der Waals surface area contributed by atoms with Gasteiger partial charge in [0.15, 0.2) is 0 Å². The Hall–Kier alpha value is -1.61. The second-order valence-corrected chi connectivity index (χ2v) is 5.24. The molecule has 3 rings (SSSR count). The molecule has 1 aliphatic rings. The lowest BCUT2D eigenvalue weighted by Gasteiger charge is -2.10. The Morgan fingerprint density at radius 1 is 1.28 bits per heavy atom. The normalized spacial score (nSPS) is 15.1. The smallest absolute Gasteiger partial charge is 0.0767 e. The molecule has 3 nitrogen and oxygen atoms in total. The van der Waals surface area contributed by atoms with E-state index in [1.165, 1.54) is 35.3 Å². The maximum Gasteiger partial charge on any atom is 0.0767 e. The van der Waals surface area contributed by atoms with E-state index >= 15 is 0 Å². The summed E-state index contributed by atoms with van der Waals surface area (Å²) in [6.45, 7) is 4.77. The van der Waals surface area contributed by atoms with Gasteiger partial charge in [-0.3, -0.25) is 0 Å². The van der Waals surface area contributed by atoms with Crippen molar-refractivity contribution in [3.8, 4) is 5.69 Å². The third-order valence-electron chi connectivity index (χ3n) is 3.57. The van der Waals surface area contributed by atoms with Crippen LogP contribution in [0.1, 0.15) is 41.3 Å². The van der Waals surface area contributed by atoms with Crippen LogP contribution in [0.4, 0.5) is 0 Å². The number of benzene rings is 1. The van der Waals surface area contributed by atoms with E-state index in [0.29, 0.717) is 12.5 Å². The minimum atomic E-state index is 0.512. The number of hydrogen-bond acceptors (Lipinski definition) is 2. The van der Waals surface area contributed by atoms with Crippen molar-refractivity contribution in [3.05, 3.63) is 46.8 Å². The minimum absolute atomic E-state index is 0.512. The SMILES string of the molecule is Cc1ccc(-n2nc(CN)cc2C2CC2)c(C)c1. The van der Waals surface area contributed by atoms with Crippen LogP contribution in [0, 0.1) is 13.8 Å². The molecule has 0 spiro atoms. The topological polar surface area (TPSA) is 43.8 Å². The molecule has 1 saturated carbocycles. The van der Waals surface area contributed by atoms with Crippen LogP contribution < -0.4 is 5.73 Å². The molecule has 2 N–H and O–H groups in total. The zero-order valence-electron chi connectivity index (χ0n) is 11.0. The summed E-state index contributed by atoms with van der Waals surface area (Å²) in [4.78, 5) is 0. The van der Waals surface area contributed by atoms with Gasteiger partial charge in [-0.25, -0.2) is 4.68 Å². The highest BCUT2D eigenvalue weighted by Gasteiger charge is 2.28. The third-order valence-corrected chi connectivity index (χ3v) is 3.57. The molecule has 0 aliphatic heterocycles. The Morgan fingerprint density at radius 2 is 2.06 bits per heavy atom. The highest BCUT2D eigenvalue weighted by atomic mass is 15.3.